The molecular formula is C19H18N4O3. The van der Waals surface area contributed by atoms with Crippen LogP contribution in [-0.2, 0) is 14.3 Å². The van der Waals surface area contributed by atoms with Gasteiger partial charge in [-0.15, -0.1) is 0 Å². The first-order chi connectivity index (χ1) is 12.6. The first kappa shape index (κ1) is 20.8. The van der Waals surface area contributed by atoms with Crippen LogP contribution in [0.15, 0.2) is 30.3 Å². The number of nitrogens with zero attached hydrogens (tertiary/aromatic N) is 4. The summed E-state index contributed by atoms with van der Waals surface area (Å²) in [6.45, 7) is 4.35. The summed E-state index contributed by atoms with van der Waals surface area (Å²) in [6, 6.07) is 15.0. The topological polar surface area (TPSA) is 131 Å². The van der Waals surface area contributed by atoms with Crippen LogP contribution < -0.4 is 0 Å². The molecule has 7 heteroatoms. The summed E-state index contributed by atoms with van der Waals surface area (Å²) in [5, 5.41) is 36.8. The average molecular weight is 350 g/mol. The Morgan fingerprint density at radius 2 is 1.42 bits per heavy atom. The van der Waals surface area contributed by atoms with Crippen LogP contribution in [0.4, 0.5) is 0 Å². The molecule has 7 nitrogen and oxygen atoms in total. The number of benzene rings is 1. The SMILES string of the molecule is C1COCCO1.CC(=O)C(c1ccccc1)C(C#N)(C#N)C(C#N)C#N. The number of rotatable bonds is 4. The minimum atomic E-state index is -2.02. The maximum Gasteiger partial charge on any atom is 0.186 e. The molecule has 1 aromatic rings. The highest BCUT2D eigenvalue weighted by atomic mass is 16.6. The summed E-state index contributed by atoms with van der Waals surface area (Å²) < 4.78 is 9.89. The molecule has 1 aliphatic rings. The number of ketones is 1. The molecule has 1 fully saturated rings. The second kappa shape index (κ2) is 10.6. The average Bonchev–Trinajstić information content (AvgIpc) is 2.70. The first-order valence-corrected chi connectivity index (χ1v) is 7.90. The number of carbonyl (C=O) groups is 1. The van der Waals surface area contributed by atoms with Crippen LogP contribution in [0, 0.1) is 56.7 Å². The van der Waals surface area contributed by atoms with Gasteiger partial charge < -0.3 is 9.47 Å². The lowest BCUT2D eigenvalue weighted by Crippen LogP contribution is -2.36. The van der Waals surface area contributed by atoms with Gasteiger partial charge in [0, 0.05) is 0 Å². The van der Waals surface area contributed by atoms with E-state index in [1.54, 1.807) is 54.6 Å². The highest BCUT2D eigenvalue weighted by Gasteiger charge is 2.50. The van der Waals surface area contributed by atoms with Crippen molar-refractivity contribution in [1.82, 2.24) is 0 Å². The van der Waals surface area contributed by atoms with Gasteiger partial charge in [-0.3, -0.25) is 4.79 Å². The van der Waals surface area contributed by atoms with E-state index < -0.39 is 23.0 Å². The van der Waals surface area contributed by atoms with E-state index in [4.69, 9.17) is 20.0 Å². The summed E-state index contributed by atoms with van der Waals surface area (Å²) in [4.78, 5) is 11.9. The minimum absolute atomic E-state index is 0.435. The van der Waals surface area contributed by atoms with Crippen LogP contribution in [0.2, 0.25) is 0 Å². The Morgan fingerprint density at radius 1 is 0.962 bits per heavy atom. The Morgan fingerprint density at radius 3 is 1.73 bits per heavy atom. The van der Waals surface area contributed by atoms with E-state index in [1.807, 2.05) is 0 Å². The van der Waals surface area contributed by atoms with Gasteiger partial charge in [0.05, 0.1) is 56.6 Å². The van der Waals surface area contributed by atoms with Gasteiger partial charge in [0.2, 0.25) is 0 Å². The number of hydrogen-bond donors (Lipinski definition) is 0. The zero-order chi connectivity index (χ0) is 19.4. The molecule has 1 aromatic carbocycles. The van der Waals surface area contributed by atoms with Crippen molar-refractivity contribution in [3.05, 3.63) is 35.9 Å². The van der Waals surface area contributed by atoms with E-state index in [-0.39, 0.29) is 0 Å². The molecule has 0 aliphatic carbocycles. The Balaban J connectivity index is 0.000000472. The molecule has 2 rings (SSSR count). The second-order valence-electron chi connectivity index (χ2n) is 5.46. The van der Waals surface area contributed by atoms with E-state index in [1.165, 1.54) is 6.92 Å². The largest absolute Gasteiger partial charge is 0.377 e. The van der Waals surface area contributed by atoms with Crippen molar-refractivity contribution in [3.63, 3.8) is 0 Å². The van der Waals surface area contributed by atoms with Crippen LogP contribution in [0.25, 0.3) is 0 Å². The number of carbonyl (C=O) groups excluding carboxylic acids is 1. The Hall–Kier alpha value is -3.23. The molecule has 1 unspecified atom stereocenters. The number of Topliss-reactive ketones (excluding diaryl/α,β-unsaturated/α-hetero) is 1. The normalized spacial score (nSPS) is 14.4. The standard InChI is InChI=1S/C15H10N4O.C4H8O2/c1-11(20)14(12-5-3-2-4-6-12)15(9-18,10-19)13(7-16)8-17;1-2-6-4-3-5-1/h2-6,13-14H,1H3;1-4H2. The third-order valence-corrected chi connectivity index (χ3v) is 3.82. The zero-order valence-corrected chi connectivity index (χ0v) is 14.4. The molecule has 1 heterocycles. The Bertz CT molecular complexity index is 722. The molecule has 132 valence electrons. The van der Waals surface area contributed by atoms with Gasteiger partial charge in [-0.1, -0.05) is 30.3 Å². The molecule has 1 atom stereocenters. The highest BCUT2D eigenvalue weighted by molar-refractivity contribution is 5.86. The summed E-state index contributed by atoms with van der Waals surface area (Å²) >= 11 is 0. The molecule has 1 aliphatic heterocycles. The fourth-order valence-electron chi connectivity index (χ4n) is 2.59. The molecule has 0 radical (unpaired) electrons. The smallest absolute Gasteiger partial charge is 0.186 e. The van der Waals surface area contributed by atoms with Gasteiger partial charge in [-0.05, 0) is 12.5 Å². The van der Waals surface area contributed by atoms with Crippen LogP contribution in [-0.4, -0.2) is 32.2 Å². The van der Waals surface area contributed by atoms with Gasteiger partial charge >= 0.3 is 0 Å². The summed E-state index contributed by atoms with van der Waals surface area (Å²) in [5.41, 5.74) is -1.57. The third kappa shape index (κ3) is 4.88. The van der Waals surface area contributed by atoms with Crippen molar-refractivity contribution in [1.29, 1.82) is 21.0 Å². The molecule has 0 bridgehead atoms. The van der Waals surface area contributed by atoms with E-state index in [0.717, 1.165) is 26.4 Å². The van der Waals surface area contributed by atoms with Crippen molar-refractivity contribution in [2.24, 2.45) is 11.3 Å². The van der Waals surface area contributed by atoms with E-state index in [0.29, 0.717) is 5.56 Å². The molecule has 0 aromatic heterocycles. The maximum absolute atomic E-state index is 11.9. The highest BCUT2D eigenvalue weighted by Crippen LogP contribution is 2.42. The van der Waals surface area contributed by atoms with Gasteiger partial charge in [-0.25, -0.2) is 0 Å². The monoisotopic (exact) mass is 350 g/mol. The van der Waals surface area contributed by atoms with Crippen LogP contribution >= 0.6 is 0 Å². The predicted octanol–water partition coefficient (Wildman–Crippen LogP) is 2.09. The van der Waals surface area contributed by atoms with Crippen molar-refractivity contribution >= 4 is 5.78 Å². The molecule has 1 saturated heterocycles. The quantitative estimate of drug-likeness (QED) is 0.812. The summed E-state index contributed by atoms with van der Waals surface area (Å²) in [7, 11) is 0. The van der Waals surface area contributed by atoms with Gasteiger partial charge in [0.1, 0.15) is 5.78 Å². The van der Waals surface area contributed by atoms with Gasteiger partial charge in [0.25, 0.3) is 0 Å². The van der Waals surface area contributed by atoms with Crippen LogP contribution in [0.5, 0.6) is 0 Å². The van der Waals surface area contributed by atoms with Crippen molar-refractivity contribution in [2.45, 2.75) is 12.8 Å². The van der Waals surface area contributed by atoms with E-state index in [9.17, 15) is 15.3 Å². The Kier molecular flexibility index (Phi) is 8.48. The Labute approximate surface area is 152 Å². The molecular weight excluding hydrogens is 332 g/mol. The molecule has 0 spiro atoms. The number of ether oxygens (including phenoxy) is 2. The predicted molar refractivity (Wildman–Crippen MR) is 89.9 cm³/mol. The van der Waals surface area contributed by atoms with Gasteiger partial charge in [0.15, 0.2) is 11.3 Å². The van der Waals surface area contributed by atoms with E-state index in [2.05, 4.69) is 0 Å². The third-order valence-electron chi connectivity index (χ3n) is 3.82. The van der Waals surface area contributed by atoms with Gasteiger partial charge in [-0.2, -0.15) is 21.0 Å². The van der Waals surface area contributed by atoms with E-state index >= 15 is 0 Å². The number of hydrogen-bond acceptors (Lipinski definition) is 7. The van der Waals surface area contributed by atoms with Crippen molar-refractivity contribution in [3.8, 4) is 24.3 Å². The zero-order valence-electron chi connectivity index (χ0n) is 14.4. The minimum Gasteiger partial charge on any atom is -0.377 e. The summed E-state index contributed by atoms with van der Waals surface area (Å²) in [5.74, 6) is -3.08. The molecule has 26 heavy (non-hydrogen) atoms. The van der Waals surface area contributed by atoms with Crippen molar-refractivity contribution in [2.75, 3.05) is 26.4 Å². The lowest BCUT2D eigenvalue weighted by molar-refractivity contribution is -0.120. The van der Waals surface area contributed by atoms with Crippen LogP contribution in [0.3, 0.4) is 0 Å². The summed E-state index contributed by atoms with van der Waals surface area (Å²) in [6.07, 6.45) is 0. The fourth-order valence-corrected chi connectivity index (χ4v) is 2.59. The lowest BCUT2D eigenvalue weighted by atomic mass is 9.65. The second-order valence-corrected chi connectivity index (χ2v) is 5.46. The fraction of sp³-hybridized carbons (Fsp3) is 0.421. The van der Waals surface area contributed by atoms with Crippen LogP contribution in [0.1, 0.15) is 18.4 Å². The number of nitriles is 4. The van der Waals surface area contributed by atoms with Crippen molar-refractivity contribution < 1.29 is 14.3 Å². The molecule has 0 N–H and O–H groups in total. The molecule has 0 amide bonds. The maximum atomic E-state index is 11.9. The molecule has 0 saturated carbocycles. The lowest BCUT2D eigenvalue weighted by Gasteiger charge is -2.28. The first-order valence-electron chi connectivity index (χ1n) is 7.90.